The number of carbonyl (C=O) groups is 1. The highest BCUT2D eigenvalue weighted by Gasteiger charge is 2.22. The molecule has 2 N–H and O–H groups in total. The van der Waals surface area contributed by atoms with Crippen LogP contribution in [0.5, 0.6) is 0 Å². The van der Waals surface area contributed by atoms with Gasteiger partial charge in [0.1, 0.15) is 5.65 Å². The number of H-pyrrole nitrogens is 1. The van der Waals surface area contributed by atoms with Crippen molar-refractivity contribution < 1.29 is 4.79 Å². The molecule has 1 aromatic carbocycles. The zero-order chi connectivity index (χ0) is 22.1. The molecule has 4 aromatic rings. The van der Waals surface area contributed by atoms with Gasteiger partial charge in [-0.3, -0.25) is 0 Å². The minimum atomic E-state index is 0.119. The number of nitrogens with one attached hydrogen (secondary N) is 2. The summed E-state index contributed by atoms with van der Waals surface area (Å²) in [5.41, 5.74) is 8.06. The van der Waals surface area contributed by atoms with Crippen molar-refractivity contribution in [2.75, 3.05) is 31.5 Å². The first-order valence-corrected chi connectivity index (χ1v) is 11.9. The fourth-order valence-electron chi connectivity index (χ4n) is 4.18. The molecule has 1 aliphatic rings. The van der Waals surface area contributed by atoms with Crippen LogP contribution in [0.25, 0.3) is 26.8 Å². The van der Waals surface area contributed by atoms with Crippen LogP contribution in [0.4, 0.5) is 16.2 Å². The maximum absolute atomic E-state index is 12.6. The fourth-order valence-corrected chi connectivity index (χ4v) is 4.90. The minimum Gasteiger partial charge on any atom is -0.355 e. The Morgan fingerprint density at radius 3 is 2.88 bits per heavy atom. The summed E-state index contributed by atoms with van der Waals surface area (Å²) in [5, 5.41) is 4.58. The van der Waals surface area contributed by atoms with Gasteiger partial charge in [0.05, 0.1) is 21.4 Å². The Morgan fingerprint density at radius 1 is 1.22 bits per heavy atom. The summed E-state index contributed by atoms with van der Waals surface area (Å²) >= 11 is 1.64. The van der Waals surface area contributed by atoms with Gasteiger partial charge in [-0.2, -0.15) is 0 Å². The van der Waals surface area contributed by atoms with Gasteiger partial charge in [0.2, 0.25) is 0 Å². The second-order valence-electron chi connectivity index (χ2n) is 7.84. The van der Waals surface area contributed by atoms with Crippen LogP contribution in [-0.2, 0) is 0 Å². The minimum absolute atomic E-state index is 0.119. The Bertz CT molecular complexity index is 1300. The number of aromatic amines is 1. The molecule has 0 spiro atoms. The maximum atomic E-state index is 12.6. The van der Waals surface area contributed by atoms with Crippen molar-refractivity contribution in [1.82, 2.24) is 24.8 Å². The molecule has 4 heterocycles. The van der Waals surface area contributed by atoms with E-state index in [2.05, 4.69) is 38.5 Å². The van der Waals surface area contributed by atoms with Gasteiger partial charge in [-0.05, 0) is 56.2 Å². The Labute approximate surface area is 190 Å². The van der Waals surface area contributed by atoms with Crippen molar-refractivity contribution in [2.45, 2.75) is 20.3 Å². The first-order valence-electron chi connectivity index (χ1n) is 11.0. The largest absolute Gasteiger partial charge is 0.355 e. The third-order valence-corrected chi connectivity index (χ3v) is 6.79. The van der Waals surface area contributed by atoms with Crippen molar-refractivity contribution in [3.63, 3.8) is 0 Å². The number of aromatic nitrogens is 3. The fraction of sp³-hybridized carbons (Fsp3) is 0.292. The highest BCUT2D eigenvalue weighted by Crippen LogP contribution is 2.31. The molecule has 2 amide bonds. The molecule has 8 heteroatoms. The molecule has 0 aliphatic carbocycles. The lowest BCUT2D eigenvalue weighted by atomic mass is 10.0. The summed E-state index contributed by atoms with van der Waals surface area (Å²) in [6.07, 6.45) is 4.79. The van der Waals surface area contributed by atoms with Gasteiger partial charge >= 0.3 is 6.03 Å². The molecule has 32 heavy (non-hydrogen) atoms. The Morgan fingerprint density at radius 2 is 2.09 bits per heavy atom. The number of amides is 2. The number of thiazole rings is 1. The summed E-state index contributed by atoms with van der Waals surface area (Å²) in [4.78, 5) is 28.7. The normalized spacial score (nSPS) is 14.1. The number of carbonyl (C=O) groups excluding carboxylic acids is 1. The number of nitrogens with zero attached hydrogens (tertiary/aromatic N) is 4. The monoisotopic (exact) mass is 446 g/mol. The molecule has 0 atom stereocenters. The molecule has 164 valence electrons. The van der Waals surface area contributed by atoms with E-state index in [0.717, 1.165) is 64.4 Å². The van der Waals surface area contributed by atoms with Gasteiger partial charge in [0.25, 0.3) is 0 Å². The van der Waals surface area contributed by atoms with Gasteiger partial charge in [-0.1, -0.05) is 6.08 Å². The van der Waals surface area contributed by atoms with E-state index in [0.29, 0.717) is 6.54 Å². The van der Waals surface area contributed by atoms with Crippen molar-refractivity contribution >= 4 is 55.6 Å². The molecule has 0 saturated carbocycles. The molecule has 0 bridgehead atoms. The molecular formula is C24H26N6OS. The highest BCUT2D eigenvalue weighted by molar-refractivity contribution is 7.16. The van der Waals surface area contributed by atoms with Crippen LogP contribution in [0, 0.1) is 0 Å². The number of pyridine rings is 1. The van der Waals surface area contributed by atoms with Gasteiger partial charge < -0.3 is 20.1 Å². The second-order valence-corrected chi connectivity index (χ2v) is 8.73. The Balaban J connectivity index is 1.38. The van der Waals surface area contributed by atoms with E-state index in [4.69, 9.17) is 0 Å². The number of urea groups is 1. The molecule has 5 rings (SSSR count). The van der Waals surface area contributed by atoms with Crippen LogP contribution < -0.4 is 5.32 Å². The smallest absolute Gasteiger partial charge is 0.320 e. The average Bonchev–Trinajstić information content (AvgIpc) is 3.47. The highest BCUT2D eigenvalue weighted by atomic mass is 32.1. The van der Waals surface area contributed by atoms with E-state index in [-0.39, 0.29) is 6.03 Å². The lowest BCUT2D eigenvalue weighted by Crippen LogP contribution is -2.44. The van der Waals surface area contributed by atoms with Crippen LogP contribution in [0.15, 0.2) is 48.1 Å². The summed E-state index contributed by atoms with van der Waals surface area (Å²) in [6.45, 7) is 6.87. The van der Waals surface area contributed by atoms with Crippen molar-refractivity contribution in [3.05, 3.63) is 53.8 Å². The van der Waals surface area contributed by atoms with Crippen LogP contribution in [-0.4, -0.2) is 57.0 Å². The predicted molar refractivity (Wildman–Crippen MR) is 131 cm³/mol. The van der Waals surface area contributed by atoms with E-state index >= 15 is 0 Å². The number of rotatable bonds is 5. The number of benzene rings is 1. The molecule has 0 saturated heterocycles. The Hall–Kier alpha value is -3.39. The maximum Gasteiger partial charge on any atom is 0.320 e. The summed E-state index contributed by atoms with van der Waals surface area (Å²) < 4.78 is 1.16. The van der Waals surface area contributed by atoms with Gasteiger partial charge in [0.15, 0.2) is 0 Å². The first kappa shape index (κ1) is 20.5. The van der Waals surface area contributed by atoms with Gasteiger partial charge in [0, 0.05) is 49.1 Å². The molecule has 0 fully saturated rings. The molecule has 1 aliphatic heterocycles. The van der Waals surface area contributed by atoms with Crippen LogP contribution in [0.3, 0.4) is 0 Å². The summed E-state index contributed by atoms with van der Waals surface area (Å²) in [5.74, 6) is 0. The molecule has 0 radical (unpaired) electrons. The molecule has 7 nitrogen and oxygen atoms in total. The standard InChI is InChI=1S/C24H26N6OS/c1-3-29(4-2)24(31)30-11-8-16(9-12-30)21-14-18-19(7-10-25-23(18)28-21)27-17-5-6-20-22(13-17)32-15-26-20/h5-8,10,13-15H,3-4,9,11-12H2,1-2H3,(H2,25,27,28). The molecule has 0 unspecified atom stereocenters. The lowest BCUT2D eigenvalue weighted by molar-refractivity contribution is 0.162. The van der Waals surface area contributed by atoms with E-state index in [1.165, 1.54) is 5.57 Å². The summed E-state index contributed by atoms with van der Waals surface area (Å²) in [6, 6.07) is 10.5. The zero-order valence-corrected chi connectivity index (χ0v) is 19.1. The third kappa shape index (κ3) is 3.82. The zero-order valence-electron chi connectivity index (χ0n) is 18.3. The van der Waals surface area contributed by atoms with Crippen LogP contribution >= 0.6 is 11.3 Å². The SMILES string of the molecule is CCN(CC)C(=O)N1CC=C(c2cc3c(Nc4ccc5ncsc5c4)ccnc3[nH]2)CC1. The van der Waals surface area contributed by atoms with Gasteiger partial charge in [-0.15, -0.1) is 11.3 Å². The Kier molecular flexibility index (Phi) is 5.53. The third-order valence-electron chi connectivity index (χ3n) is 6.00. The van der Waals surface area contributed by atoms with Gasteiger partial charge in [-0.25, -0.2) is 14.8 Å². The van der Waals surface area contributed by atoms with E-state index in [9.17, 15) is 4.79 Å². The lowest BCUT2D eigenvalue weighted by Gasteiger charge is -2.31. The first-order chi connectivity index (χ1) is 15.7. The number of fused-ring (bicyclic) bond motifs is 2. The number of anilines is 2. The van der Waals surface area contributed by atoms with Crippen molar-refractivity contribution in [3.8, 4) is 0 Å². The quantitative estimate of drug-likeness (QED) is 0.426. The van der Waals surface area contributed by atoms with Crippen molar-refractivity contribution in [1.29, 1.82) is 0 Å². The number of hydrogen-bond donors (Lipinski definition) is 2. The van der Waals surface area contributed by atoms with Crippen LogP contribution in [0.2, 0.25) is 0 Å². The number of hydrogen-bond acceptors (Lipinski definition) is 5. The van der Waals surface area contributed by atoms with Crippen molar-refractivity contribution in [2.24, 2.45) is 0 Å². The van der Waals surface area contributed by atoms with E-state index in [1.807, 2.05) is 53.6 Å². The van der Waals surface area contributed by atoms with E-state index < -0.39 is 0 Å². The van der Waals surface area contributed by atoms with E-state index in [1.54, 1.807) is 11.3 Å². The predicted octanol–water partition coefficient (Wildman–Crippen LogP) is 5.47. The molecular weight excluding hydrogens is 420 g/mol. The topological polar surface area (TPSA) is 77.2 Å². The average molecular weight is 447 g/mol. The second kappa shape index (κ2) is 8.63. The summed E-state index contributed by atoms with van der Waals surface area (Å²) in [7, 11) is 0. The molecule has 3 aromatic heterocycles. The van der Waals surface area contributed by atoms with Crippen LogP contribution in [0.1, 0.15) is 26.0 Å².